The smallest absolute Gasteiger partial charge is 0.0863 e. The molecule has 2 heterocycles. The number of nitrogens with zero attached hydrogens (tertiary/aromatic N) is 3. The lowest BCUT2D eigenvalue weighted by Gasteiger charge is -2.30. The van der Waals surface area contributed by atoms with Gasteiger partial charge >= 0.3 is 0 Å². The summed E-state index contributed by atoms with van der Waals surface area (Å²) in [4.78, 5) is 0. The van der Waals surface area contributed by atoms with Gasteiger partial charge in [-0.05, 0) is 42.6 Å². The van der Waals surface area contributed by atoms with Crippen LogP contribution >= 0.6 is 15.9 Å². The van der Waals surface area contributed by atoms with Crippen molar-refractivity contribution in [1.82, 2.24) is 9.78 Å². The fourth-order valence-electron chi connectivity index (χ4n) is 2.48. The lowest BCUT2D eigenvalue weighted by atomic mass is 9.80. The minimum atomic E-state index is -0.389. The summed E-state index contributed by atoms with van der Waals surface area (Å²) >= 11 is 3.59. The van der Waals surface area contributed by atoms with Crippen molar-refractivity contribution in [2.75, 3.05) is 13.2 Å². The molecule has 0 bridgehead atoms. The first-order valence-electron chi connectivity index (χ1n) is 6.32. The van der Waals surface area contributed by atoms with Crippen molar-refractivity contribution in [3.05, 3.63) is 15.9 Å². The summed E-state index contributed by atoms with van der Waals surface area (Å²) in [5, 5.41) is 14.0. The molecular formula is C13H18BrN3O. The number of aromatic nitrogens is 2. The predicted octanol–water partition coefficient (Wildman–Crippen LogP) is 2.84. The quantitative estimate of drug-likeness (QED) is 0.862. The van der Waals surface area contributed by atoms with E-state index in [-0.39, 0.29) is 5.41 Å². The average molecular weight is 312 g/mol. The topological polar surface area (TPSA) is 50.8 Å². The predicted molar refractivity (Wildman–Crippen MR) is 72.1 cm³/mol. The van der Waals surface area contributed by atoms with Gasteiger partial charge in [-0.3, -0.25) is 4.68 Å². The Hall–Kier alpha value is -0.860. The third kappa shape index (κ3) is 2.45. The van der Waals surface area contributed by atoms with Crippen LogP contribution in [0.3, 0.4) is 0 Å². The van der Waals surface area contributed by atoms with Crippen LogP contribution in [0.25, 0.3) is 0 Å². The second-order valence-corrected chi connectivity index (χ2v) is 5.68. The van der Waals surface area contributed by atoms with Gasteiger partial charge in [0.05, 0.1) is 34.0 Å². The number of aryl methyl sites for hydroxylation is 2. The van der Waals surface area contributed by atoms with Gasteiger partial charge in [-0.2, -0.15) is 10.4 Å². The Morgan fingerprint density at radius 2 is 2.39 bits per heavy atom. The van der Waals surface area contributed by atoms with E-state index in [2.05, 4.69) is 34.0 Å². The largest absolute Gasteiger partial charge is 0.380 e. The van der Waals surface area contributed by atoms with Crippen LogP contribution in [0.4, 0.5) is 0 Å². The molecule has 0 aromatic carbocycles. The molecule has 0 amide bonds. The van der Waals surface area contributed by atoms with Gasteiger partial charge in [0.25, 0.3) is 0 Å². The summed E-state index contributed by atoms with van der Waals surface area (Å²) in [7, 11) is 0. The molecule has 0 spiro atoms. The third-order valence-corrected chi connectivity index (χ3v) is 4.55. The van der Waals surface area contributed by atoms with E-state index in [0.29, 0.717) is 13.0 Å². The molecule has 1 aliphatic heterocycles. The third-order valence-electron chi connectivity index (χ3n) is 3.52. The maximum atomic E-state index is 9.49. The van der Waals surface area contributed by atoms with Crippen molar-refractivity contribution in [1.29, 1.82) is 5.26 Å². The highest BCUT2D eigenvalue weighted by Gasteiger charge is 2.35. The molecule has 1 aromatic rings. The van der Waals surface area contributed by atoms with E-state index >= 15 is 0 Å². The number of nitriles is 1. The van der Waals surface area contributed by atoms with Crippen molar-refractivity contribution in [3.8, 4) is 6.07 Å². The monoisotopic (exact) mass is 311 g/mol. The van der Waals surface area contributed by atoms with Gasteiger partial charge in [0.1, 0.15) is 0 Å². The molecule has 1 saturated heterocycles. The molecule has 0 N–H and O–H groups in total. The highest BCUT2D eigenvalue weighted by molar-refractivity contribution is 9.10. The number of rotatable bonds is 3. The van der Waals surface area contributed by atoms with Crippen LogP contribution in [0.2, 0.25) is 0 Å². The van der Waals surface area contributed by atoms with Crippen LogP contribution < -0.4 is 0 Å². The van der Waals surface area contributed by atoms with Crippen LogP contribution in [-0.2, 0) is 17.7 Å². The first-order chi connectivity index (χ1) is 8.62. The van der Waals surface area contributed by atoms with Crippen molar-refractivity contribution >= 4 is 15.9 Å². The Labute approximate surface area is 116 Å². The van der Waals surface area contributed by atoms with Crippen LogP contribution in [0.5, 0.6) is 0 Å². The van der Waals surface area contributed by atoms with E-state index in [1.807, 2.05) is 11.6 Å². The van der Waals surface area contributed by atoms with Gasteiger partial charge in [-0.1, -0.05) is 0 Å². The van der Waals surface area contributed by atoms with E-state index in [1.54, 1.807) is 0 Å². The Morgan fingerprint density at radius 1 is 1.61 bits per heavy atom. The minimum Gasteiger partial charge on any atom is -0.380 e. The standard InChI is InChI=1S/C13H18BrN3O/c1-3-17-11(12(14)10(2)16-17)7-13(8-15)5-4-6-18-9-13/h3-7,9H2,1-2H3. The molecule has 0 radical (unpaired) electrons. The van der Waals surface area contributed by atoms with Crippen LogP contribution in [0.1, 0.15) is 31.2 Å². The summed E-state index contributed by atoms with van der Waals surface area (Å²) < 4.78 is 8.51. The summed E-state index contributed by atoms with van der Waals surface area (Å²) in [6, 6.07) is 2.47. The summed E-state index contributed by atoms with van der Waals surface area (Å²) in [6.07, 6.45) is 2.58. The average Bonchev–Trinajstić information content (AvgIpc) is 2.67. The fraction of sp³-hybridized carbons (Fsp3) is 0.692. The normalized spacial score (nSPS) is 23.9. The van der Waals surface area contributed by atoms with Gasteiger partial charge in [-0.15, -0.1) is 0 Å². The van der Waals surface area contributed by atoms with Crippen molar-refractivity contribution < 1.29 is 4.74 Å². The zero-order valence-corrected chi connectivity index (χ0v) is 12.5. The molecule has 1 aliphatic rings. The van der Waals surface area contributed by atoms with Gasteiger partial charge in [0.2, 0.25) is 0 Å². The highest BCUT2D eigenvalue weighted by atomic mass is 79.9. The fourth-order valence-corrected chi connectivity index (χ4v) is 2.90. The molecule has 4 nitrogen and oxygen atoms in total. The molecule has 1 aromatic heterocycles. The summed E-state index contributed by atoms with van der Waals surface area (Å²) in [6.45, 7) is 6.18. The van der Waals surface area contributed by atoms with E-state index < -0.39 is 0 Å². The van der Waals surface area contributed by atoms with Crippen molar-refractivity contribution in [2.24, 2.45) is 5.41 Å². The maximum absolute atomic E-state index is 9.49. The number of hydrogen-bond donors (Lipinski definition) is 0. The molecule has 0 saturated carbocycles. The minimum absolute atomic E-state index is 0.389. The second kappa shape index (κ2) is 5.41. The van der Waals surface area contributed by atoms with Crippen molar-refractivity contribution in [2.45, 2.75) is 39.7 Å². The lowest BCUT2D eigenvalue weighted by Crippen LogP contribution is -2.33. The zero-order chi connectivity index (χ0) is 13.2. The van der Waals surface area contributed by atoms with E-state index in [4.69, 9.17) is 4.74 Å². The van der Waals surface area contributed by atoms with Gasteiger partial charge in [-0.25, -0.2) is 0 Å². The highest BCUT2D eigenvalue weighted by Crippen LogP contribution is 2.34. The van der Waals surface area contributed by atoms with Crippen molar-refractivity contribution in [3.63, 3.8) is 0 Å². The maximum Gasteiger partial charge on any atom is 0.0863 e. The van der Waals surface area contributed by atoms with Crippen LogP contribution in [-0.4, -0.2) is 23.0 Å². The molecule has 98 valence electrons. The van der Waals surface area contributed by atoms with Gasteiger partial charge in [0, 0.05) is 19.6 Å². The van der Waals surface area contributed by atoms with Crippen LogP contribution in [0.15, 0.2) is 4.47 Å². The Kier molecular flexibility index (Phi) is 4.08. The molecule has 2 rings (SSSR count). The lowest BCUT2D eigenvalue weighted by molar-refractivity contribution is 0.0214. The Morgan fingerprint density at radius 3 is 2.94 bits per heavy atom. The SMILES string of the molecule is CCn1nc(C)c(Br)c1CC1(C#N)CCCOC1. The van der Waals surface area contributed by atoms with Crippen LogP contribution in [0, 0.1) is 23.7 Å². The molecular weight excluding hydrogens is 294 g/mol. The molecule has 5 heteroatoms. The van der Waals surface area contributed by atoms with E-state index in [0.717, 1.165) is 41.9 Å². The molecule has 1 fully saturated rings. The molecule has 18 heavy (non-hydrogen) atoms. The Balaban J connectivity index is 2.30. The van der Waals surface area contributed by atoms with E-state index in [1.165, 1.54) is 0 Å². The first kappa shape index (κ1) is 13.6. The Bertz CT molecular complexity index is 469. The summed E-state index contributed by atoms with van der Waals surface area (Å²) in [5.74, 6) is 0. The zero-order valence-electron chi connectivity index (χ0n) is 10.9. The molecule has 1 atom stereocenters. The number of halogens is 1. The summed E-state index contributed by atoms with van der Waals surface area (Å²) in [5.41, 5.74) is 1.71. The van der Waals surface area contributed by atoms with E-state index in [9.17, 15) is 5.26 Å². The number of ether oxygens (including phenoxy) is 1. The number of hydrogen-bond acceptors (Lipinski definition) is 3. The second-order valence-electron chi connectivity index (χ2n) is 4.89. The van der Waals surface area contributed by atoms with Gasteiger partial charge < -0.3 is 4.74 Å². The molecule has 1 unspecified atom stereocenters. The van der Waals surface area contributed by atoms with Gasteiger partial charge in [0.15, 0.2) is 0 Å². The first-order valence-corrected chi connectivity index (χ1v) is 7.12. The molecule has 0 aliphatic carbocycles.